The van der Waals surface area contributed by atoms with Crippen molar-refractivity contribution in [3.8, 4) is 0 Å². The van der Waals surface area contributed by atoms with E-state index in [2.05, 4.69) is 10.6 Å². The number of carbonyl (C=O) groups excluding carboxylic acids is 2. The molecule has 136 valence electrons. The van der Waals surface area contributed by atoms with Gasteiger partial charge in [-0.1, -0.05) is 12.1 Å². The Balaban J connectivity index is 2.03. The van der Waals surface area contributed by atoms with E-state index in [-0.39, 0.29) is 17.9 Å². The molecule has 0 bridgehead atoms. The number of amides is 2. The molecule has 1 unspecified atom stereocenters. The van der Waals surface area contributed by atoms with Crippen molar-refractivity contribution >= 4 is 23.5 Å². The van der Waals surface area contributed by atoms with Gasteiger partial charge in [-0.15, -0.1) is 0 Å². The van der Waals surface area contributed by atoms with Gasteiger partial charge in [0, 0.05) is 22.9 Å². The first-order valence-corrected chi connectivity index (χ1v) is 8.33. The number of aliphatic carboxylic acids is 1. The quantitative estimate of drug-likeness (QED) is 0.742. The van der Waals surface area contributed by atoms with Gasteiger partial charge in [-0.05, 0) is 62.7 Å². The van der Waals surface area contributed by atoms with Crippen molar-refractivity contribution in [1.82, 2.24) is 5.32 Å². The first-order chi connectivity index (χ1) is 12.3. The van der Waals surface area contributed by atoms with E-state index in [0.717, 1.165) is 0 Å². The van der Waals surface area contributed by atoms with Crippen LogP contribution < -0.4 is 10.6 Å². The van der Waals surface area contributed by atoms with Gasteiger partial charge in [-0.2, -0.15) is 0 Å². The fourth-order valence-corrected chi connectivity index (χ4v) is 2.32. The number of rotatable bonds is 6. The summed E-state index contributed by atoms with van der Waals surface area (Å²) in [6, 6.07) is 13.1. The van der Waals surface area contributed by atoms with E-state index >= 15 is 0 Å². The summed E-state index contributed by atoms with van der Waals surface area (Å²) in [5, 5.41) is 14.5. The van der Waals surface area contributed by atoms with E-state index in [1.54, 1.807) is 55.5 Å². The number of benzene rings is 2. The molecule has 2 aromatic carbocycles. The molecule has 1 atom stereocenters. The average molecular weight is 354 g/mol. The van der Waals surface area contributed by atoms with Crippen molar-refractivity contribution in [3.05, 3.63) is 65.2 Å². The van der Waals surface area contributed by atoms with Crippen LogP contribution in [-0.4, -0.2) is 28.9 Å². The second-order valence-electron chi connectivity index (χ2n) is 6.34. The molecule has 0 fully saturated rings. The second kappa shape index (κ2) is 8.29. The van der Waals surface area contributed by atoms with Gasteiger partial charge in [-0.3, -0.25) is 14.4 Å². The van der Waals surface area contributed by atoms with Crippen LogP contribution in [0.1, 0.15) is 53.0 Å². The third kappa shape index (κ3) is 4.92. The molecule has 0 aliphatic carbocycles. The first kappa shape index (κ1) is 19.2. The molecule has 2 aromatic rings. The Kier molecular flexibility index (Phi) is 6.11. The summed E-state index contributed by atoms with van der Waals surface area (Å²) in [7, 11) is 0. The highest BCUT2D eigenvalue weighted by Crippen LogP contribution is 2.18. The summed E-state index contributed by atoms with van der Waals surface area (Å²) in [5.74, 6) is -2.00. The molecule has 0 aromatic heterocycles. The van der Waals surface area contributed by atoms with E-state index in [0.29, 0.717) is 22.4 Å². The molecule has 6 heteroatoms. The zero-order valence-corrected chi connectivity index (χ0v) is 14.9. The third-order valence-corrected chi connectivity index (χ3v) is 3.87. The smallest absolute Gasteiger partial charge is 0.310 e. The van der Waals surface area contributed by atoms with Gasteiger partial charge in [0.2, 0.25) is 0 Å². The normalized spacial score (nSPS) is 11.7. The molecular weight excluding hydrogens is 332 g/mol. The molecule has 3 N–H and O–H groups in total. The standard InChI is InChI=1S/C20H22N2O4/c1-12(2)21-18(23)15-4-6-16(7-5-15)19(24)22-17-10-8-14(9-11-17)13(3)20(25)26/h4-13H,1-3H3,(H,21,23)(H,22,24)(H,25,26). The highest BCUT2D eigenvalue weighted by atomic mass is 16.4. The third-order valence-electron chi connectivity index (χ3n) is 3.87. The van der Waals surface area contributed by atoms with Crippen LogP contribution in [-0.2, 0) is 4.79 Å². The van der Waals surface area contributed by atoms with E-state index in [9.17, 15) is 14.4 Å². The van der Waals surface area contributed by atoms with Crippen molar-refractivity contribution < 1.29 is 19.5 Å². The Labute approximate surface area is 152 Å². The second-order valence-corrected chi connectivity index (χ2v) is 6.34. The van der Waals surface area contributed by atoms with Gasteiger partial charge in [-0.25, -0.2) is 0 Å². The predicted octanol–water partition coefficient (Wildman–Crippen LogP) is 3.27. The number of carboxylic acids is 1. The van der Waals surface area contributed by atoms with Gasteiger partial charge >= 0.3 is 5.97 Å². The molecule has 0 radical (unpaired) electrons. The molecule has 0 saturated carbocycles. The highest BCUT2D eigenvalue weighted by Gasteiger charge is 2.14. The largest absolute Gasteiger partial charge is 0.481 e. The maximum atomic E-state index is 12.3. The van der Waals surface area contributed by atoms with E-state index < -0.39 is 11.9 Å². The zero-order valence-electron chi connectivity index (χ0n) is 14.9. The number of anilines is 1. The summed E-state index contributed by atoms with van der Waals surface area (Å²) in [5.41, 5.74) is 2.14. The van der Waals surface area contributed by atoms with Crippen molar-refractivity contribution in [2.45, 2.75) is 32.7 Å². The fourth-order valence-electron chi connectivity index (χ4n) is 2.32. The fraction of sp³-hybridized carbons (Fsp3) is 0.250. The predicted molar refractivity (Wildman–Crippen MR) is 99.5 cm³/mol. The van der Waals surface area contributed by atoms with Gasteiger partial charge in [0.25, 0.3) is 11.8 Å². The van der Waals surface area contributed by atoms with E-state index in [1.165, 1.54) is 0 Å². The molecule has 0 aliphatic rings. The molecule has 6 nitrogen and oxygen atoms in total. The van der Waals surface area contributed by atoms with Crippen LogP contribution in [0.3, 0.4) is 0 Å². The zero-order chi connectivity index (χ0) is 19.3. The van der Waals surface area contributed by atoms with Crippen LogP contribution in [0.5, 0.6) is 0 Å². The summed E-state index contributed by atoms with van der Waals surface area (Å²) in [6.07, 6.45) is 0. The lowest BCUT2D eigenvalue weighted by Crippen LogP contribution is -2.30. The Bertz CT molecular complexity index is 796. The minimum absolute atomic E-state index is 0.0392. The summed E-state index contributed by atoms with van der Waals surface area (Å²) >= 11 is 0. The number of carboxylic acid groups (broad SMARTS) is 1. The van der Waals surface area contributed by atoms with Crippen molar-refractivity contribution in [1.29, 1.82) is 0 Å². The number of hydrogen-bond donors (Lipinski definition) is 3. The molecule has 26 heavy (non-hydrogen) atoms. The van der Waals surface area contributed by atoms with Crippen LogP contribution in [0.25, 0.3) is 0 Å². The highest BCUT2D eigenvalue weighted by molar-refractivity contribution is 6.05. The van der Waals surface area contributed by atoms with Gasteiger partial charge in [0.05, 0.1) is 5.92 Å². The molecule has 2 amide bonds. The lowest BCUT2D eigenvalue weighted by atomic mass is 10.0. The maximum absolute atomic E-state index is 12.3. The average Bonchev–Trinajstić information content (AvgIpc) is 2.61. The monoisotopic (exact) mass is 354 g/mol. The van der Waals surface area contributed by atoms with E-state index in [4.69, 9.17) is 5.11 Å². The SMILES string of the molecule is CC(C)NC(=O)c1ccc(C(=O)Nc2ccc(C(C)C(=O)O)cc2)cc1. The Morgan fingerprint density at radius 2 is 1.31 bits per heavy atom. The molecule has 0 heterocycles. The van der Waals surface area contributed by atoms with Crippen LogP contribution in [0.4, 0.5) is 5.69 Å². The van der Waals surface area contributed by atoms with Gasteiger partial charge in [0.1, 0.15) is 0 Å². The van der Waals surface area contributed by atoms with Crippen LogP contribution in [0, 0.1) is 0 Å². The molecular formula is C20H22N2O4. The number of nitrogens with one attached hydrogen (secondary N) is 2. The summed E-state index contributed by atoms with van der Waals surface area (Å²) in [6.45, 7) is 5.36. The van der Waals surface area contributed by atoms with Crippen LogP contribution in [0.15, 0.2) is 48.5 Å². The molecule has 0 spiro atoms. The Morgan fingerprint density at radius 1 is 0.808 bits per heavy atom. The minimum Gasteiger partial charge on any atom is -0.481 e. The lowest BCUT2D eigenvalue weighted by molar-refractivity contribution is -0.138. The summed E-state index contributed by atoms with van der Waals surface area (Å²) < 4.78 is 0. The number of hydrogen-bond acceptors (Lipinski definition) is 3. The van der Waals surface area contributed by atoms with E-state index in [1.807, 2.05) is 13.8 Å². The van der Waals surface area contributed by atoms with Gasteiger partial charge in [0.15, 0.2) is 0 Å². The minimum atomic E-state index is -0.900. The van der Waals surface area contributed by atoms with Crippen molar-refractivity contribution in [2.75, 3.05) is 5.32 Å². The maximum Gasteiger partial charge on any atom is 0.310 e. The Morgan fingerprint density at radius 3 is 1.77 bits per heavy atom. The van der Waals surface area contributed by atoms with Crippen LogP contribution >= 0.6 is 0 Å². The molecule has 0 saturated heterocycles. The number of carbonyl (C=O) groups is 3. The summed E-state index contributed by atoms with van der Waals surface area (Å²) in [4.78, 5) is 35.2. The van der Waals surface area contributed by atoms with Crippen LogP contribution in [0.2, 0.25) is 0 Å². The first-order valence-electron chi connectivity index (χ1n) is 8.33. The van der Waals surface area contributed by atoms with Gasteiger partial charge < -0.3 is 15.7 Å². The Hall–Kier alpha value is -3.15. The lowest BCUT2D eigenvalue weighted by Gasteiger charge is -2.10. The topological polar surface area (TPSA) is 95.5 Å². The molecule has 0 aliphatic heterocycles. The van der Waals surface area contributed by atoms with Crippen molar-refractivity contribution in [3.63, 3.8) is 0 Å². The molecule has 2 rings (SSSR count). The van der Waals surface area contributed by atoms with Crippen molar-refractivity contribution in [2.24, 2.45) is 0 Å².